The molecule has 2 aromatic carbocycles. The van der Waals surface area contributed by atoms with Gasteiger partial charge in [-0.25, -0.2) is 0 Å². The van der Waals surface area contributed by atoms with E-state index in [2.05, 4.69) is 17.6 Å². The van der Waals surface area contributed by atoms with Crippen LogP contribution >= 0.6 is 0 Å². The predicted octanol–water partition coefficient (Wildman–Crippen LogP) is 2.87. The van der Waals surface area contributed by atoms with Crippen LogP contribution in [0.5, 0.6) is 0 Å². The van der Waals surface area contributed by atoms with Gasteiger partial charge in [0.05, 0.1) is 0 Å². The molecule has 2 amide bonds. The molecule has 0 saturated carbocycles. The van der Waals surface area contributed by atoms with Gasteiger partial charge in [-0.05, 0) is 36.6 Å². The molecule has 0 bridgehead atoms. The largest absolute Gasteiger partial charge is 0.352 e. The van der Waals surface area contributed by atoms with Gasteiger partial charge in [0, 0.05) is 24.2 Å². The van der Waals surface area contributed by atoms with E-state index in [-0.39, 0.29) is 11.8 Å². The molecule has 2 rings (SSSR count). The van der Waals surface area contributed by atoms with Gasteiger partial charge in [-0.3, -0.25) is 9.59 Å². The third-order valence-corrected chi connectivity index (χ3v) is 3.61. The first-order valence-electron chi connectivity index (χ1n) is 7.83. The number of hydrogen-bond donors (Lipinski definition) is 2. The Bertz CT molecular complexity index is 626. The van der Waals surface area contributed by atoms with Crippen LogP contribution in [-0.4, -0.2) is 24.9 Å². The van der Waals surface area contributed by atoms with Crippen molar-refractivity contribution >= 4 is 11.8 Å². The molecule has 120 valence electrons. The van der Waals surface area contributed by atoms with Gasteiger partial charge in [-0.1, -0.05) is 43.3 Å². The maximum absolute atomic E-state index is 11.9. The number of rotatable bonds is 7. The van der Waals surface area contributed by atoms with E-state index in [1.807, 2.05) is 36.4 Å². The Hall–Kier alpha value is -2.62. The smallest absolute Gasteiger partial charge is 0.251 e. The number of benzene rings is 2. The van der Waals surface area contributed by atoms with Crippen molar-refractivity contribution in [2.45, 2.75) is 13.3 Å². The molecule has 4 nitrogen and oxygen atoms in total. The minimum absolute atomic E-state index is 0.0638. The molecule has 0 aliphatic carbocycles. The van der Waals surface area contributed by atoms with Gasteiger partial charge >= 0.3 is 0 Å². The summed E-state index contributed by atoms with van der Waals surface area (Å²) < 4.78 is 0. The molecule has 0 saturated heterocycles. The fourth-order valence-corrected chi connectivity index (χ4v) is 2.18. The molecular weight excluding hydrogens is 288 g/mol. The molecule has 0 fully saturated rings. The maximum atomic E-state index is 11.9. The first-order chi connectivity index (χ1) is 11.2. The third-order valence-electron chi connectivity index (χ3n) is 3.61. The van der Waals surface area contributed by atoms with Crippen molar-refractivity contribution in [2.24, 2.45) is 5.92 Å². The fourth-order valence-electron chi connectivity index (χ4n) is 2.18. The van der Waals surface area contributed by atoms with Crippen LogP contribution in [-0.2, 0) is 0 Å². The molecule has 23 heavy (non-hydrogen) atoms. The van der Waals surface area contributed by atoms with Gasteiger partial charge in [0.15, 0.2) is 0 Å². The monoisotopic (exact) mass is 310 g/mol. The number of carbonyl (C=O) groups excluding carboxylic acids is 2. The van der Waals surface area contributed by atoms with E-state index in [9.17, 15) is 9.59 Å². The highest BCUT2D eigenvalue weighted by atomic mass is 16.2. The van der Waals surface area contributed by atoms with E-state index in [0.29, 0.717) is 30.1 Å². The summed E-state index contributed by atoms with van der Waals surface area (Å²) in [6.07, 6.45) is 0.813. The third kappa shape index (κ3) is 5.58. The van der Waals surface area contributed by atoms with E-state index >= 15 is 0 Å². The molecule has 0 aliphatic heterocycles. The second kappa shape index (κ2) is 8.73. The Balaban J connectivity index is 1.66. The number of carbonyl (C=O) groups is 2. The lowest BCUT2D eigenvalue weighted by Gasteiger charge is -2.13. The number of hydrogen-bond acceptors (Lipinski definition) is 2. The molecule has 2 N–H and O–H groups in total. The van der Waals surface area contributed by atoms with Gasteiger partial charge in [0.2, 0.25) is 0 Å². The summed E-state index contributed by atoms with van der Waals surface area (Å²) >= 11 is 0. The fraction of sp³-hybridized carbons (Fsp3) is 0.263. The van der Waals surface area contributed by atoms with E-state index in [4.69, 9.17) is 0 Å². The average molecular weight is 310 g/mol. The Morgan fingerprint density at radius 2 is 1.30 bits per heavy atom. The normalized spacial score (nSPS) is 11.5. The Labute approximate surface area is 136 Å². The first-order valence-corrected chi connectivity index (χ1v) is 7.83. The van der Waals surface area contributed by atoms with Crippen molar-refractivity contribution in [2.75, 3.05) is 13.1 Å². The molecular formula is C19H22N2O2. The summed E-state index contributed by atoms with van der Waals surface area (Å²) in [5, 5.41) is 5.81. The molecule has 0 heterocycles. The van der Waals surface area contributed by atoms with Crippen LogP contribution in [0, 0.1) is 5.92 Å². The Morgan fingerprint density at radius 1 is 0.826 bits per heavy atom. The van der Waals surface area contributed by atoms with Crippen molar-refractivity contribution in [3.63, 3.8) is 0 Å². The van der Waals surface area contributed by atoms with E-state index in [1.54, 1.807) is 24.3 Å². The van der Waals surface area contributed by atoms with Crippen molar-refractivity contribution in [1.82, 2.24) is 10.6 Å². The van der Waals surface area contributed by atoms with Crippen LogP contribution in [0.4, 0.5) is 0 Å². The predicted molar refractivity (Wildman–Crippen MR) is 91.3 cm³/mol. The Kier molecular flexibility index (Phi) is 6.36. The van der Waals surface area contributed by atoms with E-state index in [0.717, 1.165) is 6.42 Å². The van der Waals surface area contributed by atoms with Gasteiger partial charge in [-0.2, -0.15) is 0 Å². The molecule has 0 unspecified atom stereocenters. The van der Waals surface area contributed by atoms with Crippen LogP contribution < -0.4 is 10.6 Å². The summed E-state index contributed by atoms with van der Waals surface area (Å²) in [4.78, 5) is 23.8. The topological polar surface area (TPSA) is 58.2 Å². The quantitative estimate of drug-likeness (QED) is 0.826. The van der Waals surface area contributed by atoms with Gasteiger partial charge in [0.25, 0.3) is 11.8 Å². The minimum atomic E-state index is -0.0641. The highest BCUT2D eigenvalue weighted by molar-refractivity contribution is 5.94. The Morgan fingerprint density at radius 3 is 1.83 bits per heavy atom. The summed E-state index contributed by atoms with van der Waals surface area (Å²) in [5.74, 6) is 0.163. The van der Waals surface area contributed by atoms with Crippen LogP contribution in [0.3, 0.4) is 0 Å². The molecule has 0 spiro atoms. The van der Waals surface area contributed by atoms with Crippen LogP contribution in [0.2, 0.25) is 0 Å². The molecule has 0 aromatic heterocycles. The number of nitrogens with one attached hydrogen (secondary N) is 2. The lowest BCUT2D eigenvalue weighted by molar-refractivity contribution is 0.0933. The van der Waals surface area contributed by atoms with Crippen molar-refractivity contribution in [3.8, 4) is 0 Å². The zero-order valence-electron chi connectivity index (χ0n) is 13.3. The lowest BCUT2D eigenvalue weighted by atomic mass is 10.1. The summed E-state index contributed by atoms with van der Waals surface area (Å²) in [7, 11) is 0. The molecule has 4 heteroatoms. The maximum Gasteiger partial charge on any atom is 0.251 e. The van der Waals surface area contributed by atoms with Gasteiger partial charge < -0.3 is 10.6 Å². The summed E-state index contributed by atoms with van der Waals surface area (Å²) in [6, 6.07) is 18.3. The molecule has 2 aromatic rings. The molecule has 0 radical (unpaired) electrons. The summed E-state index contributed by atoms with van der Waals surface area (Å²) in [6.45, 7) is 3.24. The van der Waals surface area contributed by atoms with Crippen molar-refractivity contribution < 1.29 is 9.59 Å². The van der Waals surface area contributed by atoms with Crippen molar-refractivity contribution in [1.29, 1.82) is 0 Å². The molecule has 1 atom stereocenters. The van der Waals surface area contributed by atoms with Crippen molar-refractivity contribution in [3.05, 3.63) is 71.8 Å². The van der Waals surface area contributed by atoms with Gasteiger partial charge in [-0.15, -0.1) is 0 Å². The second-order valence-electron chi connectivity index (χ2n) is 5.59. The zero-order chi connectivity index (χ0) is 16.5. The van der Waals surface area contributed by atoms with E-state index < -0.39 is 0 Å². The number of amides is 2. The summed E-state index contributed by atoms with van der Waals surface area (Å²) in [5.41, 5.74) is 1.33. The minimum Gasteiger partial charge on any atom is -0.352 e. The first kappa shape index (κ1) is 16.7. The van der Waals surface area contributed by atoms with Crippen LogP contribution in [0.15, 0.2) is 60.7 Å². The zero-order valence-corrected chi connectivity index (χ0v) is 13.3. The standard InChI is InChI=1S/C19H22N2O2/c1-15(14-21-19(23)17-10-6-3-7-11-17)12-13-20-18(22)16-8-4-2-5-9-16/h2-11,15H,12-14H2,1H3,(H,20,22)(H,21,23)/t15-/m0/s1. The highest BCUT2D eigenvalue weighted by Crippen LogP contribution is 2.03. The SMILES string of the molecule is C[C@@H](CCNC(=O)c1ccccc1)CNC(=O)c1ccccc1. The second-order valence-corrected chi connectivity index (χ2v) is 5.59. The lowest BCUT2D eigenvalue weighted by Crippen LogP contribution is -2.31. The van der Waals surface area contributed by atoms with Crippen LogP contribution in [0.1, 0.15) is 34.1 Å². The van der Waals surface area contributed by atoms with Crippen LogP contribution in [0.25, 0.3) is 0 Å². The van der Waals surface area contributed by atoms with E-state index in [1.165, 1.54) is 0 Å². The average Bonchev–Trinajstić information content (AvgIpc) is 2.61. The molecule has 0 aliphatic rings. The van der Waals surface area contributed by atoms with Gasteiger partial charge in [0.1, 0.15) is 0 Å². The highest BCUT2D eigenvalue weighted by Gasteiger charge is 2.08.